The maximum atomic E-state index is 13.1. The van der Waals surface area contributed by atoms with E-state index < -0.39 is 5.25 Å². The first-order valence-corrected chi connectivity index (χ1v) is 10.4. The van der Waals surface area contributed by atoms with Crippen molar-refractivity contribution in [2.75, 3.05) is 19.6 Å². The Bertz CT molecular complexity index is 1020. The molecule has 8 nitrogen and oxygen atoms in total. The van der Waals surface area contributed by atoms with Crippen LogP contribution >= 0.6 is 11.8 Å². The lowest BCUT2D eigenvalue weighted by Gasteiger charge is -2.32. The number of thioether (sulfide) groups is 1. The third-order valence-electron chi connectivity index (χ3n) is 4.96. The van der Waals surface area contributed by atoms with Crippen molar-refractivity contribution in [2.24, 2.45) is 0 Å². The van der Waals surface area contributed by atoms with E-state index in [2.05, 4.69) is 20.9 Å². The summed E-state index contributed by atoms with van der Waals surface area (Å²) >= 11 is 1.40. The number of benzene rings is 2. The largest absolute Gasteiger partial charge is 0.497 e. The average Bonchev–Trinajstić information content (AvgIpc) is 3.16. The molecule has 0 saturated carbocycles. The lowest BCUT2D eigenvalue weighted by atomic mass is 10.0. The van der Waals surface area contributed by atoms with Gasteiger partial charge in [-0.15, -0.1) is 10.2 Å². The molecule has 0 aliphatic carbocycles. The van der Waals surface area contributed by atoms with E-state index in [1.807, 2.05) is 60.1 Å². The molecule has 2 aromatic carbocycles. The number of ether oxygens (including phenoxy) is 2. The Kier molecular flexibility index (Phi) is 5.80. The Hall–Kier alpha value is -3.20. The summed E-state index contributed by atoms with van der Waals surface area (Å²) in [5, 5.41) is 11.6. The first kappa shape index (κ1) is 20.1. The number of carbonyl (C=O) groups is 1. The van der Waals surface area contributed by atoms with E-state index in [9.17, 15) is 4.79 Å². The molecule has 1 aliphatic rings. The summed E-state index contributed by atoms with van der Waals surface area (Å²) in [4.78, 5) is 13.1. The van der Waals surface area contributed by atoms with E-state index in [0.717, 1.165) is 28.5 Å². The molecule has 0 fully saturated rings. The molecule has 0 unspecified atom stereocenters. The van der Waals surface area contributed by atoms with Gasteiger partial charge < -0.3 is 20.2 Å². The summed E-state index contributed by atoms with van der Waals surface area (Å²) in [6.45, 7) is 2.31. The monoisotopic (exact) mass is 425 g/mol. The molecule has 2 atom stereocenters. The van der Waals surface area contributed by atoms with Crippen LogP contribution in [0.1, 0.15) is 23.0 Å². The van der Waals surface area contributed by atoms with E-state index in [0.29, 0.717) is 11.7 Å². The number of carbonyl (C=O) groups excluding carboxylic acids is 1. The van der Waals surface area contributed by atoms with Crippen molar-refractivity contribution in [3.8, 4) is 11.5 Å². The fraction of sp³-hybridized carbons (Fsp3) is 0.286. The zero-order valence-corrected chi connectivity index (χ0v) is 17.8. The third kappa shape index (κ3) is 4.06. The lowest BCUT2D eigenvalue weighted by molar-refractivity contribution is -0.121. The lowest BCUT2D eigenvalue weighted by Crippen LogP contribution is -2.44. The minimum absolute atomic E-state index is 0.0731. The highest BCUT2D eigenvalue weighted by molar-refractivity contribution is 8.00. The van der Waals surface area contributed by atoms with Crippen molar-refractivity contribution >= 4 is 17.7 Å². The van der Waals surface area contributed by atoms with Crippen LogP contribution in [0.3, 0.4) is 0 Å². The fourth-order valence-corrected chi connectivity index (χ4v) is 4.40. The number of nitrogens with one attached hydrogen (secondary N) is 2. The van der Waals surface area contributed by atoms with Gasteiger partial charge in [0, 0.05) is 6.54 Å². The predicted octanol–water partition coefficient (Wildman–Crippen LogP) is 2.68. The SMILES string of the molecule is COc1ccc(CNC(=O)[C@@H]2Sc3nnc(C)n3N[C@@H]2c2ccc(OC)cc2)cc1. The van der Waals surface area contributed by atoms with Crippen molar-refractivity contribution in [3.05, 3.63) is 65.5 Å². The highest BCUT2D eigenvalue weighted by Gasteiger charge is 2.37. The van der Waals surface area contributed by atoms with Crippen LogP contribution in [0.5, 0.6) is 11.5 Å². The van der Waals surface area contributed by atoms with Crippen molar-refractivity contribution < 1.29 is 14.3 Å². The standard InChI is InChI=1S/C21H23N5O3S/c1-13-23-24-21-26(13)25-18(15-6-10-17(29-3)11-7-15)19(30-21)20(27)22-12-14-4-8-16(28-2)9-5-14/h4-11,18-19,25H,12H2,1-3H3,(H,22,27)/t18-,19-/m1/s1. The molecular weight excluding hydrogens is 402 g/mol. The number of nitrogens with zero attached hydrogens (tertiary/aromatic N) is 3. The van der Waals surface area contributed by atoms with Gasteiger partial charge in [0.2, 0.25) is 11.1 Å². The topological polar surface area (TPSA) is 90.3 Å². The summed E-state index contributed by atoms with van der Waals surface area (Å²) in [5.74, 6) is 2.22. The summed E-state index contributed by atoms with van der Waals surface area (Å²) in [5.41, 5.74) is 5.37. The van der Waals surface area contributed by atoms with Crippen molar-refractivity contribution in [3.63, 3.8) is 0 Å². The zero-order chi connectivity index (χ0) is 21.1. The Morgan fingerprint density at radius 2 is 1.70 bits per heavy atom. The van der Waals surface area contributed by atoms with Crippen molar-refractivity contribution in [1.82, 2.24) is 20.2 Å². The molecule has 156 valence electrons. The number of hydrogen-bond acceptors (Lipinski definition) is 7. The molecule has 4 rings (SSSR count). The number of methoxy groups -OCH3 is 2. The van der Waals surface area contributed by atoms with Crippen LogP contribution < -0.4 is 20.2 Å². The molecule has 1 aromatic heterocycles. The number of rotatable bonds is 6. The van der Waals surface area contributed by atoms with E-state index in [4.69, 9.17) is 9.47 Å². The van der Waals surface area contributed by atoms with Crippen molar-refractivity contribution in [1.29, 1.82) is 0 Å². The summed E-state index contributed by atoms with van der Waals surface area (Å²) in [6.07, 6.45) is 0. The van der Waals surface area contributed by atoms with Gasteiger partial charge in [0.1, 0.15) is 22.6 Å². The number of hydrogen-bond donors (Lipinski definition) is 2. The molecule has 9 heteroatoms. The summed E-state index contributed by atoms with van der Waals surface area (Å²) in [7, 11) is 3.26. The second-order valence-electron chi connectivity index (χ2n) is 6.85. The van der Waals surface area contributed by atoms with Gasteiger partial charge in [-0.3, -0.25) is 4.79 Å². The van der Waals surface area contributed by atoms with Crippen molar-refractivity contribution in [2.45, 2.75) is 29.9 Å². The van der Waals surface area contributed by atoms with Crippen LogP contribution in [0.4, 0.5) is 0 Å². The zero-order valence-electron chi connectivity index (χ0n) is 17.0. The Morgan fingerprint density at radius 1 is 1.07 bits per heavy atom. The molecule has 1 aliphatic heterocycles. The first-order valence-electron chi connectivity index (χ1n) is 9.49. The molecule has 3 aromatic rings. The van der Waals surface area contributed by atoms with Gasteiger partial charge in [-0.25, -0.2) is 4.68 Å². The van der Waals surface area contributed by atoms with E-state index in [1.165, 1.54) is 11.8 Å². The smallest absolute Gasteiger partial charge is 0.236 e. The van der Waals surface area contributed by atoms with E-state index in [-0.39, 0.29) is 11.9 Å². The fourth-order valence-electron chi connectivity index (χ4n) is 3.25. The normalized spacial score (nSPS) is 17.6. The van der Waals surface area contributed by atoms with Crippen LogP contribution in [-0.4, -0.2) is 40.3 Å². The average molecular weight is 426 g/mol. The minimum atomic E-state index is -0.409. The molecule has 0 spiro atoms. The van der Waals surface area contributed by atoms with Crippen LogP contribution in [0, 0.1) is 6.92 Å². The van der Waals surface area contributed by atoms with E-state index in [1.54, 1.807) is 14.2 Å². The van der Waals surface area contributed by atoms with Gasteiger partial charge in [-0.1, -0.05) is 36.0 Å². The highest BCUT2D eigenvalue weighted by Crippen LogP contribution is 2.37. The van der Waals surface area contributed by atoms with Gasteiger partial charge in [0.25, 0.3) is 0 Å². The number of fused-ring (bicyclic) bond motifs is 1. The Balaban J connectivity index is 1.54. The highest BCUT2D eigenvalue weighted by atomic mass is 32.2. The number of amides is 1. The van der Waals surface area contributed by atoms with Gasteiger partial charge in [0.15, 0.2) is 0 Å². The first-order chi connectivity index (χ1) is 14.6. The Morgan fingerprint density at radius 3 is 2.33 bits per heavy atom. The number of aromatic nitrogens is 3. The molecule has 1 amide bonds. The second kappa shape index (κ2) is 8.66. The maximum absolute atomic E-state index is 13.1. The van der Waals surface area contributed by atoms with Gasteiger partial charge in [0.05, 0.1) is 20.3 Å². The van der Waals surface area contributed by atoms with E-state index >= 15 is 0 Å². The van der Waals surface area contributed by atoms with Crippen LogP contribution in [-0.2, 0) is 11.3 Å². The molecule has 30 heavy (non-hydrogen) atoms. The Labute approximate surface area is 179 Å². The molecule has 2 heterocycles. The molecular formula is C21H23N5O3S. The van der Waals surface area contributed by atoms with Gasteiger partial charge in [-0.05, 0) is 42.3 Å². The van der Waals surface area contributed by atoms with Gasteiger partial charge >= 0.3 is 0 Å². The predicted molar refractivity (Wildman–Crippen MR) is 114 cm³/mol. The molecule has 0 saturated heterocycles. The summed E-state index contributed by atoms with van der Waals surface area (Å²) in [6, 6.07) is 15.1. The van der Waals surface area contributed by atoms with Crippen LogP contribution in [0.25, 0.3) is 0 Å². The van der Waals surface area contributed by atoms with Crippen LogP contribution in [0.2, 0.25) is 0 Å². The summed E-state index contributed by atoms with van der Waals surface area (Å²) < 4.78 is 12.3. The quantitative estimate of drug-likeness (QED) is 0.627. The molecule has 2 N–H and O–H groups in total. The molecule has 0 radical (unpaired) electrons. The third-order valence-corrected chi connectivity index (χ3v) is 6.17. The van der Waals surface area contributed by atoms with Crippen LogP contribution in [0.15, 0.2) is 53.7 Å². The molecule has 0 bridgehead atoms. The minimum Gasteiger partial charge on any atom is -0.497 e. The second-order valence-corrected chi connectivity index (χ2v) is 7.96. The number of aryl methyl sites for hydroxylation is 1. The van der Waals surface area contributed by atoms with Gasteiger partial charge in [-0.2, -0.15) is 0 Å². The maximum Gasteiger partial charge on any atom is 0.236 e.